The van der Waals surface area contributed by atoms with Crippen LogP contribution in [0.2, 0.25) is 0 Å². The van der Waals surface area contributed by atoms with E-state index in [2.05, 4.69) is 25.5 Å². The molecule has 0 aliphatic heterocycles. The molecule has 0 saturated heterocycles. The first-order valence-corrected chi connectivity index (χ1v) is 6.88. The molecule has 0 unspecified atom stereocenters. The summed E-state index contributed by atoms with van der Waals surface area (Å²) in [5, 5.41) is 0. The molecule has 1 aromatic carbocycles. The van der Waals surface area contributed by atoms with Gasteiger partial charge >= 0.3 is 0 Å². The van der Waals surface area contributed by atoms with Crippen molar-refractivity contribution in [2.45, 2.75) is 38.1 Å². The van der Waals surface area contributed by atoms with E-state index in [0.29, 0.717) is 6.04 Å². The van der Waals surface area contributed by atoms with Crippen molar-refractivity contribution in [3.8, 4) is 0 Å². The minimum atomic E-state index is -0.224. The lowest BCUT2D eigenvalue weighted by molar-refractivity contribution is 0.355. The van der Waals surface area contributed by atoms with Crippen molar-refractivity contribution in [3.63, 3.8) is 0 Å². The Morgan fingerprint density at radius 2 is 2.00 bits per heavy atom. The third kappa shape index (κ3) is 1.99. The van der Waals surface area contributed by atoms with Crippen molar-refractivity contribution in [2.24, 2.45) is 0 Å². The Kier molecular flexibility index (Phi) is 2.90. The van der Waals surface area contributed by atoms with Crippen molar-refractivity contribution in [2.75, 3.05) is 0 Å². The summed E-state index contributed by atoms with van der Waals surface area (Å²) in [6.45, 7) is 0. The van der Waals surface area contributed by atoms with Gasteiger partial charge in [0.15, 0.2) is 4.73 Å². The zero-order valence-electron chi connectivity index (χ0n) is 9.50. The number of halogens is 2. The fourth-order valence-corrected chi connectivity index (χ4v) is 3.40. The molecule has 1 fully saturated rings. The van der Waals surface area contributed by atoms with Gasteiger partial charge in [-0.3, -0.25) is 0 Å². The van der Waals surface area contributed by atoms with E-state index < -0.39 is 0 Å². The van der Waals surface area contributed by atoms with Crippen LogP contribution in [0.25, 0.3) is 11.0 Å². The Morgan fingerprint density at radius 3 is 2.76 bits per heavy atom. The first-order chi connectivity index (χ1) is 8.25. The van der Waals surface area contributed by atoms with Crippen LogP contribution in [0.1, 0.15) is 38.1 Å². The normalized spacial score (nSPS) is 17.8. The number of fused-ring (bicyclic) bond motifs is 1. The zero-order valence-corrected chi connectivity index (χ0v) is 11.1. The summed E-state index contributed by atoms with van der Waals surface area (Å²) in [6.07, 6.45) is 6.27. The van der Waals surface area contributed by atoms with Crippen LogP contribution in [0.3, 0.4) is 0 Å². The van der Waals surface area contributed by atoms with Crippen LogP contribution in [0.5, 0.6) is 0 Å². The molecule has 17 heavy (non-hydrogen) atoms. The Bertz CT molecular complexity index is 544. The molecule has 1 saturated carbocycles. The van der Waals surface area contributed by atoms with Gasteiger partial charge in [-0.2, -0.15) is 0 Å². The highest BCUT2D eigenvalue weighted by Gasteiger charge is 2.20. The van der Waals surface area contributed by atoms with E-state index >= 15 is 0 Å². The number of hydrogen-bond acceptors (Lipinski definition) is 1. The Morgan fingerprint density at radius 1 is 1.24 bits per heavy atom. The topological polar surface area (TPSA) is 17.8 Å². The SMILES string of the molecule is Fc1ccc2c(c1)nc(Br)n2C1CCCCC1. The molecule has 0 spiro atoms. The number of nitrogens with zero attached hydrogens (tertiary/aromatic N) is 2. The zero-order chi connectivity index (χ0) is 11.8. The van der Waals surface area contributed by atoms with Gasteiger partial charge in [-0.05, 0) is 40.9 Å². The summed E-state index contributed by atoms with van der Waals surface area (Å²) in [4.78, 5) is 4.39. The highest BCUT2D eigenvalue weighted by molar-refractivity contribution is 9.10. The second-order valence-electron chi connectivity index (χ2n) is 4.68. The van der Waals surface area contributed by atoms with Crippen molar-refractivity contribution in [3.05, 3.63) is 28.7 Å². The lowest BCUT2D eigenvalue weighted by Gasteiger charge is -2.24. The fourth-order valence-electron chi connectivity index (χ4n) is 2.73. The number of benzene rings is 1. The number of hydrogen-bond donors (Lipinski definition) is 0. The predicted octanol–water partition coefficient (Wildman–Crippen LogP) is 4.44. The molecule has 2 nitrogen and oxygen atoms in total. The van der Waals surface area contributed by atoms with Gasteiger partial charge in [0.2, 0.25) is 0 Å². The van der Waals surface area contributed by atoms with Gasteiger partial charge in [-0.1, -0.05) is 19.3 Å². The predicted molar refractivity (Wildman–Crippen MR) is 69.5 cm³/mol. The van der Waals surface area contributed by atoms with Gasteiger partial charge in [-0.15, -0.1) is 0 Å². The van der Waals surface area contributed by atoms with E-state index in [9.17, 15) is 4.39 Å². The van der Waals surface area contributed by atoms with Crippen molar-refractivity contribution in [1.82, 2.24) is 9.55 Å². The number of aromatic nitrogens is 2. The molecular weight excluding hydrogens is 283 g/mol. The summed E-state index contributed by atoms with van der Waals surface area (Å²) < 4.78 is 16.2. The lowest BCUT2D eigenvalue weighted by atomic mass is 9.95. The maximum atomic E-state index is 13.2. The third-order valence-corrected chi connectivity index (χ3v) is 4.11. The van der Waals surface area contributed by atoms with E-state index in [-0.39, 0.29) is 5.82 Å². The average molecular weight is 297 g/mol. The number of imidazole rings is 1. The molecule has 1 aliphatic carbocycles. The molecule has 0 atom stereocenters. The molecule has 0 amide bonds. The Labute approximate surface area is 108 Å². The molecule has 3 rings (SSSR count). The summed E-state index contributed by atoms with van der Waals surface area (Å²) in [5.41, 5.74) is 1.77. The molecular formula is C13H14BrFN2. The second-order valence-corrected chi connectivity index (χ2v) is 5.38. The molecule has 0 radical (unpaired) electrons. The van der Waals surface area contributed by atoms with Gasteiger partial charge in [0.1, 0.15) is 5.82 Å². The minimum Gasteiger partial charge on any atom is -0.315 e. The fraction of sp³-hybridized carbons (Fsp3) is 0.462. The van der Waals surface area contributed by atoms with Crippen LogP contribution in [-0.2, 0) is 0 Å². The molecule has 2 aromatic rings. The molecule has 0 bridgehead atoms. The van der Waals surface area contributed by atoms with Crippen molar-refractivity contribution in [1.29, 1.82) is 0 Å². The van der Waals surface area contributed by atoms with Crippen LogP contribution >= 0.6 is 15.9 Å². The number of rotatable bonds is 1. The third-order valence-electron chi connectivity index (χ3n) is 3.55. The summed E-state index contributed by atoms with van der Waals surface area (Å²) in [7, 11) is 0. The molecule has 90 valence electrons. The van der Waals surface area contributed by atoms with Gasteiger partial charge in [-0.25, -0.2) is 9.37 Å². The largest absolute Gasteiger partial charge is 0.315 e. The maximum absolute atomic E-state index is 13.2. The van der Waals surface area contributed by atoms with Crippen LogP contribution in [0.15, 0.2) is 22.9 Å². The highest BCUT2D eigenvalue weighted by Crippen LogP contribution is 2.34. The minimum absolute atomic E-state index is 0.224. The summed E-state index contributed by atoms with van der Waals surface area (Å²) in [5.74, 6) is -0.224. The van der Waals surface area contributed by atoms with E-state index in [0.717, 1.165) is 15.8 Å². The quantitative estimate of drug-likeness (QED) is 0.760. The van der Waals surface area contributed by atoms with Crippen molar-refractivity contribution < 1.29 is 4.39 Å². The van der Waals surface area contributed by atoms with Gasteiger partial charge in [0.05, 0.1) is 11.0 Å². The molecule has 1 aliphatic rings. The molecule has 1 aromatic heterocycles. The second kappa shape index (κ2) is 4.41. The van der Waals surface area contributed by atoms with Crippen LogP contribution < -0.4 is 0 Å². The lowest BCUT2D eigenvalue weighted by Crippen LogP contribution is -2.12. The highest BCUT2D eigenvalue weighted by atomic mass is 79.9. The van der Waals surface area contributed by atoms with Crippen molar-refractivity contribution >= 4 is 27.0 Å². The van der Waals surface area contributed by atoms with Crippen LogP contribution in [0.4, 0.5) is 4.39 Å². The van der Waals surface area contributed by atoms with E-state index in [4.69, 9.17) is 0 Å². The summed E-state index contributed by atoms with van der Waals surface area (Å²) in [6, 6.07) is 5.35. The molecule has 1 heterocycles. The monoisotopic (exact) mass is 296 g/mol. The van der Waals surface area contributed by atoms with Gasteiger partial charge in [0.25, 0.3) is 0 Å². The molecule has 4 heteroatoms. The van der Waals surface area contributed by atoms with Crippen LogP contribution in [0, 0.1) is 5.82 Å². The van der Waals surface area contributed by atoms with E-state index in [1.54, 1.807) is 0 Å². The Balaban J connectivity index is 2.11. The van der Waals surface area contributed by atoms with Gasteiger partial charge < -0.3 is 4.57 Å². The molecule has 0 N–H and O–H groups in total. The van der Waals surface area contributed by atoms with E-state index in [1.165, 1.54) is 44.2 Å². The van der Waals surface area contributed by atoms with E-state index in [1.807, 2.05) is 6.07 Å². The smallest absolute Gasteiger partial charge is 0.178 e. The average Bonchev–Trinajstić information content (AvgIpc) is 2.65. The van der Waals surface area contributed by atoms with Crippen LogP contribution in [-0.4, -0.2) is 9.55 Å². The standard InChI is InChI=1S/C13H14BrFN2/c14-13-16-11-8-9(15)6-7-12(11)17(13)10-4-2-1-3-5-10/h6-8,10H,1-5H2. The van der Waals surface area contributed by atoms with Gasteiger partial charge in [0, 0.05) is 12.1 Å². The summed E-state index contributed by atoms with van der Waals surface area (Å²) >= 11 is 3.50. The maximum Gasteiger partial charge on any atom is 0.178 e. The Hall–Kier alpha value is -0.900. The first kappa shape index (κ1) is 11.2. The first-order valence-electron chi connectivity index (χ1n) is 6.09.